The average Bonchev–Trinajstić information content (AvgIpc) is 2.21. The second kappa shape index (κ2) is 10.3. The van der Waals surface area contributed by atoms with Gasteiger partial charge in [-0.3, -0.25) is 4.79 Å². The Labute approximate surface area is 97.3 Å². The van der Waals surface area contributed by atoms with Gasteiger partial charge in [0.15, 0.2) is 0 Å². The smallest absolute Gasteiger partial charge is 0.306 e. The van der Waals surface area contributed by atoms with E-state index in [1.165, 1.54) is 13.5 Å². The van der Waals surface area contributed by atoms with Crippen LogP contribution < -0.4 is 5.32 Å². The van der Waals surface area contributed by atoms with Crippen molar-refractivity contribution < 1.29 is 9.53 Å². The molecule has 0 aliphatic heterocycles. The number of carbonyl (C=O) groups is 1. The molecule has 0 bridgehead atoms. The minimum absolute atomic E-state index is 0.111. The average molecular weight is 233 g/mol. The van der Waals surface area contributed by atoms with Gasteiger partial charge in [-0.1, -0.05) is 13.8 Å². The van der Waals surface area contributed by atoms with Crippen LogP contribution in [0.15, 0.2) is 0 Å². The number of ether oxygens (including phenoxy) is 1. The molecule has 4 heteroatoms. The van der Waals surface area contributed by atoms with Crippen LogP contribution in [0.1, 0.15) is 26.7 Å². The molecule has 0 amide bonds. The minimum Gasteiger partial charge on any atom is -0.469 e. The largest absolute Gasteiger partial charge is 0.469 e. The molecule has 0 saturated heterocycles. The molecule has 15 heavy (non-hydrogen) atoms. The summed E-state index contributed by atoms with van der Waals surface area (Å²) in [6, 6.07) is 0. The fourth-order valence-electron chi connectivity index (χ4n) is 1.05. The molecule has 0 spiro atoms. The van der Waals surface area contributed by atoms with Crippen molar-refractivity contribution in [1.29, 1.82) is 0 Å². The molecule has 90 valence electrons. The maximum atomic E-state index is 10.8. The third-order valence-electron chi connectivity index (χ3n) is 1.87. The first-order chi connectivity index (χ1) is 7.16. The Bertz CT molecular complexity index is 163. The summed E-state index contributed by atoms with van der Waals surface area (Å²) in [5.41, 5.74) is 0. The highest BCUT2D eigenvalue weighted by Crippen LogP contribution is 2.04. The van der Waals surface area contributed by atoms with Crippen molar-refractivity contribution in [2.24, 2.45) is 5.92 Å². The third-order valence-corrected chi connectivity index (χ3v) is 2.94. The monoisotopic (exact) mass is 233 g/mol. The zero-order valence-corrected chi connectivity index (χ0v) is 10.9. The first-order valence-corrected chi connectivity index (χ1v) is 6.67. The lowest BCUT2D eigenvalue weighted by Gasteiger charge is -2.06. The van der Waals surface area contributed by atoms with Crippen LogP contribution >= 0.6 is 11.8 Å². The molecular weight excluding hydrogens is 210 g/mol. The lowest BCUT2D eigenvalue weighted by molar-refractivity contribution is -0.140. The maximum Gasteiger partial charge on any atom is 0.306 e. The van der Waals surface area contributed by atoms with E-state index >= 15 is 0 Å². The highest BCUT2D eigenvalue weighted by molar-refractivity contribution is 7.99. The Morgan fingerprint density at radius 1 is 1.40 bits per heavy atom. The summed E-state index contributed by atoms with van der Waals surface area (Å²) in [6.07, 6.45) is 1.69. The zero-order valence-electron chi connectivity index (χ0n) is 10.0. The van der Waals surface area contributed by atoms with Gasteiger partial charge in [0.25, 0.3) is 0 Å². The van der Waals surface area contributed by atoms with E-state index in [1.807, 2.05) is 11.8 Å². The topological polar surface area (TPSA) is 38.3 Å². The van der Waals surface area contributed by atoms with Gasteiger partial charge in [0.2, 0.25) is 0 Å². The summed E-state index contributed by atoms with van der Waals surface area (Å²) in [5, 5.41) is 3.39. The summed E-state index contributed by atoms with van der Waals surface area (Å²) in [6.45, 7) is 6.58. The van der Waals surface area contributed by atoms with Crippen molar-refractivity contribution in [3.63, 3.8) is 0 Å². The molecule has 0 fully saturated rings. The number of rotatable bonds is 9. The molecule has 0 atom stereocenters. The van der Waals surface area contributed by atoms with Gasteiger partial charge >= 0.3 is 5.97 Å². The van der Waals surface area contributed by atoms with E-state index in [9.17, 15) is 4.79 Å². The SMILES string of the molecule is COC(=O)CCSCCCNCC(C)C. The van der Waals surface area contributed by atoms with Crippen molar-refractivity contribution in [2.45, 2.75) is 26.7 Å². The van der Waals surface area contributed by atoms with Gasteiger partial charge in [0.05, 0.1) is 13.5 Å². The quantitative estimate of drug-likeness (QED) is 0.488. The van der Waals surface area contributed by atoms with Crippen LogP contribution in [0.5, 0.6) is 0 Å². The number of carbonyl (C=O) groups excluding carboxylic acids is 1. The van der Waals surface area contributed by atoms with Crippen molar-refractivity contribution in [3.8, 4) is 0 Å². The van der Waals surface area contributed by atoms with Gasteiger partial charge in [-0.2, -0.15) is 11.8 Å². The second-order valence-electron chi connectivity index (χ2n) is 3.89. The molecule has 0 aliphatic rings. The first-order valence-electron chi connectivity index (χ1n) is 5.52. The Balaban J connectivity index is 3.02. The normalized spacial score (nSPS) is 10.7. The molecule has 0 saturated carbocycles. The van der Waals surface area contributed by atoms with Crippen LogP contribution in [0.4, 0.5) is 0 Å². The van der Waals surface area contributed by atoms with Gasteiger partial charge in [-0.05, 0) is 31.2 Å². The van der Waals surface area contributed by atoms with Gasteiger partial charge in [-0.15, -0.1) is 0 Å². The Hall–Kier alpha value is -0.220. The molecule has 0 aliphatic carbocycles. The Morgan fingerprint density at radius 3 is 2.73 bits per heavy atom. The van der Waals surface area contributed by atoms with E-state index in [0.717, 1.165) is 30.5 Å². The van der Waals surface area contributed by atoms with Crippen molar-refractivity contribution >= 4 is 17.7 Å². The lowest BCUT2D eigenvalue weighted by atomic mass is 10.2. The van der Waals surface area contributed by atoms with E-state index in [-0.39, 0.29) is 5.97 Å². The highest BCUT2D eigenvalue weighted by atomic mass is 32.2. The number of nitrogens with one attached hydrogen (secondary N) is 1. The standard InChI is InChI=1S/C11H23NO2S/c1-10(2)9-12-6-4-7-15-8-5-11(13)14-3/h10,12H,4-9H2,1-3H3. The van der Waals surface area contributed by atoms with Crippen molar-refractivity contribution in [3.05, 3.63) is 0 Å². The van der Waals surface area contributed by atoms with E-state index < -0.39 is 0 Å². The summed E-state index contributed by atoms with van der Waals surface area (Å²) >= 11 is 1.81. The molecule has 0 heterocycles. The molecule has 1 N–H and O–H groups in total. The van der Waals surface area contributed by atoms with Gasteiger partial charge in [0, 0.05) is 5.75 Å². The number of methoxy groups -OCH3 is 1. The van der Waals surface area contributed by atoms with E-state index in [1.54, 1.807) is 0 Å². The van der Waals surface area contributed by atoms with Crippen LogP contribution in [0, 0.1) is 5.92 Å². The molecule has 0 rings (SSSR count). The van der Waals surface area contributed by atoms with Crippen LogP contribution in [-0.2, 0) is 9.53 Å². The fraction of sp³-hybridized carbons (Fsp3) is 0.909. The molecule has 0 aromatic carbocycles. The molecule has 0 aromatic rings. The summed E-state index contributed by atoms with van der Waals surface area (Å²) in [5.74, 6) is 2.59. The molecule has 3 nitrogen and oxygen atoms in total. The van der Waals surface area contributed by atoms with Gasteiger partial charge in [0.1, 0.15) is 0 Å². The fourth-order valence-corrected chi connectivity index (χ4v) is 1.91. The number of hydrogen-bond acceptors (Lipinski definition) is 4. The third kappa shape index (κ3) is 11.7. The number of hydrogen-bond donors (Lipinski definition) is 1. The van der Waals surface area contributed by atoms with Gasteiger partial charge in [-0.25, -0.2) is 0 Å². The van der Waals surface area contributed by atoms with Crippen molar-refractivity contribution in [1.82, 2.24) is 5.32 Å². The Kier molecular flexibility index (Phi) is 10.2. The van der Waals surface area contributed by atoms with Crippen LogP contribution in [0.2, 0.25) is 0 Å². The summed E-state index contributed by atoms with van der Waals surface area (Å²) in [7, 11) is 1.43. The van der Waals surface area contributed by atoms with E-state index in [2.05, 4.69) is 23.9 Å². The molecule has 0 radical (unpaired) electrons. The zero-order chi connectivity index (χ0) is 11.5. The number of thioether (sulfide) groups is 1. The Morgan fingerprint density at radius 2 is 2.13 bits per heavy atom. The minimum atomic E-state index is -0.111. The van der Waals surface area contributed by atoms with E-state index in [4.69, 9.17) is 0 Å². The van der Waals surface area contributed by atoms with Crippen LogP contribution in [-0.4, -0.2) is 37.7 Å². The second-order valence-corrected chi connectivity index (χ2v) is 5.11. The molecular formula is C11H23NO2S. The highest BCUT2D eigenvalue weighted by Gasteiger charge is 1.99. The van der Waals surface area contributed by atoms with Crippen LogP contribution in [0.25, 0.3) is 0 Å². The van der Waals surface area contributed by atoms with Crippen LogP contribution in [0.3, 0.4) is 0 Å². The predicted molar refractivity (Wildman–Crippen MR) is 66.3 cm³/mol. The van der Waals surface area contributed by atoms with E-state index in [0.29, 0.717) is 6.42 Å². The lowest BCUT2D eigenvalue weighted by Crippen LogP contribution is -2.21. The first kappa shape index (κ1) is 14.8. The maximum absolute atomic E-state index is 10.8. The molecule has 0 unspecified atom stereocenters. The summed E-state index contributed by atoms with van der Waals surface area (Å²) < 4.78 is 4.56. The number of esters is 1. The van der Waals surface area contributed by atoms with Crippen molar-refractivity contribution in [2.75, 3.05) is 31.7 Å². The predicted octanol–water partition coefficient (Wildman–Crippen LogP) is 1.92. The molecule has 0 aromatic heterocycles. The van der Waals surface area contributed by atoms with Gasteiger partial charge < -0.3 is 10.1 Å². The summed E-state index contributed by atoms with van der Waals surface area (Å²) in [4.78, 5) is 10.8.